The molecule has 0 aliphatic carbocycles. The topological polar surface area (TPSA) is 54.9 Å². The molecule has 0 N–H and O–H groups in total. The zero-order valence-electron chi connectivity index (χ0n) is 17.8. The average Bonchev–Trinajstić information content (AvgIpc) is 2.76. The summed E-state index contributed by atoms with van der Waals surface area (Å²) in [5, 5.41) is 0. The monoisotopic (exact) mass is 449 g/mol. The maximum atomic E-state index is 13.0. The van der Waals surface area contributed by atoms with E-state index in [2.05, 4.69) is 14.6 Å². The molecule has 2 aliphatic rings. The van der Waals surface area contributed by atoms with Gasteiger partial charge in [0.2, 0.25) is 0 Å². The lowest BCUT2D eigenvalue weighted by Crippen LogP contribution is -2.63. The summed E-state index contributed by atoms with van der Waals surface area (Å²) in [4.78, 5) is 21.2. The molecule has 1 amide bonds. The number of piperidine rings is 1. The van der Waals surface area contributed by atoms with Crippen LogP contribution in [0.5, 0.6) is 5.75 Å². The van der Waals surface area contributed by atoms with E-state index < -0.39 is 18.0 Å². The first-order chi connectivity index (χ1) is 15.3. The van der Waals surface area contributed by atoms with Gasteiger partial charge in [0.1, 0.15) is 5.75 Å². The number of hydrogen-bond acceptors (Lipinski definition) is 5. The van der Waals surface area contributed by atoms with Crippen LogP contribution < -0.4 is 4.74 Å². The number of methoxy groups -OCH3 is 1. The molecule has 0 bridgehead atoms. The molecule has 1 unspecified atom stereocenters. The minimum absolute atomic E-state index is 0.0217. The Balaban J connectivity index is 1.47. The maximum absolute atomic E-state index is 13.0. The summed E-state index contributed by atoms with van der Waals surface area (Å²) in [6.45, 7) is 3.32. The number of ether oxygens (including phenoxy) is 2. The number of nitrogens with zero attached hydrogens (tertiary/aromatic N) is 3. The molecular formula is C23H26F3N3O3. The van der Waals surface area contributed by atoms with Crippen molar-refractivity contribution in [2.24, 2.45) is 5.41 Å². The van der Waals surface area contributed by atoms with Crippen LogP contribution in [0.3, 0.4) is 0 Å². The maximum Gasteiger partial charge on any atom is 0.573 e. The van der Waals surface area contributed by atoms with Crippen molar-refractivity contribution in [3.05, 3.63) is 59.9 Å². The van der Waals surface area contributed by atoms with E-state index in [4.69, 9.17) is 4.74 Å². The molecule has 2 fully saturated rings. The van der Waals surface area contributed by atoms with Gasteiger partial charge in [0, 0.05) is 57.1 Å². The first-order valence-corrected chi connectivity index (χ1v) is 10.6. The molecule has 172 valence electrons. The van der Waals surface area contributed by atoms with Crippen LogP contribution in [-0.2, 0) is 4.74 Å². The Bertz CT molecular complexity index is 931. The van der Waals surface area contributed by atoms with Crippen LogP contribution in [0.15, 0.2) is 48.8 Å². The third-order valence-electron chi connectivity index (χ3n) is 6.46. The second-order valence-electron chi connectivity index (χ2n) is 8.34. The Hall–Kier alpha value is -2.65. The van der Waals surface area contributed by atoms with E-state index in [0.29, 0.717) is 19.7 Å². The van der Waals surface area contributed by atoms with Crippen molar-refractivity contribution in [3.8, 4) is 5.75 Å². The van der Waals surface area contributed by atoms with Crippen LogP contribution in [0.25, 0.3) is 0 Å². The highest BCUT2D eigenvalue weighted by Crippen LogP contribution is 2.54. The smallest absolute Gasteiger partial charge is 0.405 e. The first-order valence-electron chi connectivity index (χ1n) is 10.6. The van der Waals surface area contributed by atoms with Gasteiger partial charge in [-0.05, 0) is 42.7 Å². The molecule has 2 aromatic rings. The lowest BCUT2D eigenvalue weighted by atomic mass is 9.63. The molecule has 1 spiro atoms. The number of hydrogen-bond donors (Lipinski definition) is 0. The molecule has 1 aromatic heterocycles. The number of rotatable bonds is 6. The number of alkyl halides is 3. The molecule has 0 saturated carbocycles. The van der Waals surface area contributed by atoms with E-state index >= 15 is 0 Å². The van der Waals surface area contributed by atoms with Crippen LogP contribution in [0.1, 0.15) is 34.8 Å². The second-order valence-corrected chi connectivity index (χ2v) is 8.34. The molecule has 1 aromatic carbocycles. The van der Waals surface area contributed by atoms with Crippen LogP contribution in [-0.4, -0.2) is 66.9 Å². The van der Waals surface area contributed by atoms with Gasteiger partial charge >= 0.3 is 6.36 Å². The summed E-state index contributed by atoms with van der Waals surface area (Å²) in [6, 6.07) is 9.76. The SMILES string of the molecule is COCCN1CC2(CCN(C(=O)c3ccccc3OC(F)(F)F)CC2)C1c1ccncc1. The largest absolute Gasteiger partial charge is 0.573 e. The van der Waals surface area contributed by atoms with Gasteiger partial charge in [0.15, 0.2) is 0 Å². The molecule has 9 heteroatoms. The molecule has 6 nitrogen and oxygen atoms in total. The average molecular weight is 449 g/mol. The van der Waals surface area contributed by atoms with E-state index in [-0.39, 0.29) is 17.0 Å². The van der Waals surface area contributed by atoms with E-state index in [0.717, 1.165) is 25.9 Å². The molecule has 3 heterocycles. The number of carbonyl (C=O) groups is 1. The third kappa shape index (κ3) is 4.59. The van der Waals surface area contributed by atoms with E-state index in [9.17, 15) is 18.0 Å². The number of amides is 1. The van der Waals surface area contributed by atoms with E-state index in [1.165, 1.54) is 23.8 Å². The van der Waals surface area contributed by atoms with Crippen LogP contribution in [0.2, 0.25) is 0 Å². The molecule has 4 rings (SSSR count). The lowest BCUT2D eigenvalue weighted by Gasteiger charge is -2.60. The summed E-state index contributed by atoms with van der Waals surface area (Å²) in [5.41, 5.74) is 1.14. The van der Waals surface area contributed by atoms with E-state index in [1.807, 2.05) is 12.1 Å². The molecular weight excluding hydrogens is 423 g/mol. The Labute approximate surface area is 184 Å². The summed E-state index contributed by atoms with van der Waals surface area (Å²) in [5.74, 6) is -0.898. The number of carbonyl (C=O) groups excluding carboxylic acids is 1. The van der Waals surface area contributed by atoms with Gasteiger partial charge in [-0.25, -0.2) is 0 Å². The summed E-state index contributed by atoms with van der Waals surface area (Å²) < 4.78 is 47.6. The fourth-order valence-corrected chi connectivity index (χ4v) is 5.00. The highest BCUT2D eigenvalue weighted by molar-refractivity contribution is 5.97. The Morgan fingerprint density at radius 2 is 1.84 bits per heavy atom. The standard InChI is InChI=1S/C23H26F3N3O3/c1-31-15-14-29-16-22(20(29)17-6-10-27-11-7-17)8-12-28(13-9-22)21(30)18-4-2-3-5-19(18)32-23(24,25)26/h2-7,10-11,20H,8-9,12-16H2,1H3. The zero-order valence-corrected chi connectivity index (χ0v) is 17.8. The predicted molar refractivity (Wildman–Crippen MR) is 111 cm³/mol. The minimum Gasteiger partial charge on any atom is -0.405 e. The number of likely N-dealkylation sites (tertiary alicyclic amines) is 2. The number of benzene rings is 1. The summed E-state index contributed by atoms with van der Waals surface area (Å²) >= 11 is 0. The quantitative estimate of drug-likeness (QED) is 0.670. The number of aromatic nitrogens is 1. The van der Waals surface area contributed by atoms with Crippen molar-refractivity contribution in [1.29, 1.82) is 0 Å². The van der Waals surface area contributed by atoms with Gasteiger partial charge in [0.25, 0.3) is 5.91 Å². The normalized spacial score (nSPS) is 20.8. The Kier molecular flexibility index (Phi) is 6.39. The van der Waals surface area contributed by atoms with Gasteiger partial charge in [-0.15, -0.1) is 13.2 Å². The fourth-order valence-electron chi connectivity index (χ4n) is 5.00. The minimum atomic E-state index is -4.85. The van der Waals surface area contributed by atoms with Gasteiger partial charge in [-0.1, -0.05) is 12.1 Å². The summed E-state index contributed by atoms with van der Waals surface area (Å²) in [6.07, 6.45) is 0.269. The van der Waals surface area contributed by atoms with Crippen LogP contribution in [0.4, 0.5) is 13.2 Å². The fraction of sp³-hybridized carbons (Fsp3) is 0.478. The van der Waals surface area contributed by atoms with Crippen molar-refractivity contribution in [2.45, 2.75) is 25.2 Å². The van der Waals surface area contributed by atoms with Gasteiger partial charge in [-0.3, -0.25) is 14.7 Å². The number of para-hydroxylation sites is 1. The third-order valence-corrected chi connectivity index (χ3v) is 6.46. The van der Waals surface area contributed by atoms with E-state index in [1.54, 1.807) is 30.5 Å². The van der Waals surface area contributed by atoms with Crippen molar-refractivity contribution >= 4 is 5.91 Å². The molecule has 32 heavy (non-hydrogen) atoms. The number of pyridine rings is 1. The zero-order chi connectivity index (χ0) is 22.8. The molecule has 0 radical (unpaired) electrons. The van der Waals surface area contributed by atoms with Crippen LogP contribution in [0, 0.1) is 5.41 Å². The van der Waals surface area contributed by atoms with Crippen molar-refractivity contribution in [2.75, 3.05) is 39.9 Å². The van der Waals surface area contributed by atoms with Crippen molar-refractivity contribution < 1.29 is 27.4 Å². The number of halogens is 3. The first kappa shape index (κ1) is 22.5. The van der Waals surface area contributed by atoms with Gasteiger partial charge < -0.3 is 14.4 Å². The van der Waals surface area contributed by atoms with Crippen molar-refractivity contribution in [1.82, 2.24) is 14.8 Å². The molecule has 2 saturated heterocycles. The highest BCUT2D eigenvalue weighted by atomic mass is 19.4. The molecule has 2 aliphatic heterocycles. The van der Waals surface area contributed by atoms with Crippen LogP contribution >= 0.6 is 0 Å². The van der Waals surface area contributed by atoms with Crippen molar-refractivity contribution in [3.63, 3.8) is 0 Å². The Morgan fingerprint density at radius 1 is 1.16 bits per heavy atom. The molecule has 1 atom stereocenters. The summed E-state index contributed by atoms with van der Waals surface area (Å²) in [7, 11) is 1.68. The lowest BCUT2D eigenvalue weighted by molar-refractivity contribution is -0.274. The Morgan fingerprint density at radius 3 is 2.50 bits per heavy atom. The second kappa shape index (κ2) is 9.07. The van der Waals surface area contributed by atoms with Gasteiger partial charge in [0.05, 0.1) is 12.2 Å². The predicted octanol–water partition coefficient (Wildman–Crippen LogP) is 3.91. The highest BCUT2D eigenvalue weighted by Gasteiger charge is 2.54. The van der Waals surface area contributed by atoms with Gasteiger partial charge in [-0.2, -0.15) is 0 Å².